The van der Waals surface area contributed by atoms with E-state index in [1.807, 2.05) is 0 Å². The molecule has 0 saturated heterocycles. The van der Waals surface area contributed by atoms with E-state index in [1.165, 1.54) is 7.11 Å². The highest BCUT2D eigenvalue weighted by Gasteiger charge is 2.17. The third-order valence-corrected chi connectivity index (χ3v) is 4.21. The van der Waals surface area contributed by atoms with Crippen LogP contribution in [0.5, 0.6) is 11.5 Å². The molecule has 0 aliphatic heterocycles. The van der Waals surface area contributed by atoms with Gasteiger partial charge in [-0.1, -0.05) is 0 Å². The van der Waals surface area contributed by atoms with Crippen molar-refractivity contribution in [3.05, 3.63) is 20.6 Å². The van der Waals surface area contributed by atoms with Crippen molar-refractivity contribution in [3.63, 3.8) is 0 Å². The lowest BCUT2D eigenvalue weighted by Gasteiger charge is -2.15. The van der Waals surface area contributed by atoms with Crippen LogP contribution in [0.15, 0.2) is 15.0 Å². The number of rotatable bonds is 3. The van der Waals surface area contributed by atoms with Crippen LogP contribution in [0.4, 0.5) is 0 Å². The lowest BCUT2D eigenvalue weighted by Crippen LogP contribution is -2.21. The molecule has 16 heavy (non-hydrogen) atoms. The minimum Gasteiger partial charge on any atom is -0.503 e. The molecule has 92 valence electrons. The first-order valence-electron chi connectivity index (χ1n) is 4.23. The van der Waals surface area contributed by atoms with Gasteiger partial charge in [-0.25, -0.2) is 0 Å². The monoisotopic (exact) mass is 374 g/mol. The molecule has 0 unspecified atom stereocenters. The maximum Gasteiger partial charge on any atom is 0.173 e. The number of aromatic hydroxyl groups is 1. The van der Waals surface area contributed by atoms with Crippen molar-refractivity contribution >= 4 is 44.3 Å². The summed E-state index contributed by atoms with van der Waals surface area (Å²) in [7, 11) is 1.48. The zero-order chi connectivity index (χ0) is 11.6. The molecule has 0 saturated carbocycles. The summed E-state index contributed by atoms with van der Waals surface area (Å²) < 4.78 is 6.23. The minimum atomic E-state index is -0.301. The molecule has 4 nitrogen and oxygen atoms in total. The van der Waals surface area contributed by atoms with Gasteiger partial charge in [-0.05, 0) is 43.5 Å². The van der Waals surface area contributed by atoms with E-state index in [9.17, 15) is 5.11 Å². The number of methoxy groups -OCH3 is 1. The predicted octanol–water partition coefficient (Wildman–Crippen LogP) is 2.31. The fourth-order valence-corrected chi connectivity index (χ4v) is 2.18. The predicted molar refractivity (Wildman–Crippen MR) is 73.3 cm³/mol. The van der Waals surface area contributed by atoms with Crippen LogP contribution in [0.3, 0.4) is 0 Å². The van der Waals surface area contributed by atoms with Crippen LogP contribution in [0.1, 0.15) is 11.6 Å². The standard InChI is InChI=1S/C9H12Br2N2O2.ClH/c1-15-6-2-4(5(13)3-12)7(10)8(11)9(6)14;/h2,5,14H,3,12-13H2,1H3;1H/t5-;/m1./s1. The normalized spacial score (nSPS) is 11.8. The smallest absolute Gasteiger partial charge is 0.173 e. The van der Waals surface area contributed by atoms with Gasteiger partial charge in [0, 0.05) is 17.1 Å². The summed E-state index contributed by atoms with van der Waals surface area (Å²) in [5.74, 6) is 0.404. The van der Waals surface area contributed by atoms with Gasteiger partial charge in [0.15, 0.2) is 11.5 Å². The topological polar surface area (TPSA) is 81.5 Å². The Morgan fingerprint density at radius 2 is 2.00 bits per heavy atom. The van der Waals surface area contributed by atoms with Gasteiger partial charge in [-0.3, -0.25) is 0 Å². The number of hydrogen-bond acceptors (Lipinski definition) is 4. The van der Waals surface area contributed by atoms with Crippen molar-refractivity contribution in [1.82, 2.24) is 0 Å². The Kier molecular flexibility index (Phi) is 6.65. The maximum absolute atomic E-state index is 9.68. The van der Waals surface area contributed by atoms with E-state index in [0.29, 0.717) is 21.2 Å². The highest BCUT2D eigenvalue weighted by Crippen LogP contribution is 2.42. The fraction of sp³-hybridized carbons (Fsp3) is 0.333. The van der Waals surface area contributed by atoms with Crippen LogP contribution >= 0.6 is 44.3 Å². The van der Waals surface area contributed by atoms with Crippen molar-refractivity contribution < 1.29 is 9.84 Å². The molecular formula is C9H13Br2ClN2O2. The molecule has 0 heterocycles. The van der Waals surface area contributed by atoms with Crippen molar-refractivity contribution in [2.75, 3.05) is 13.7 Å². The summed E-state index contributed by atoms with van der Waals surface area (Å²) in [6.45, 7) is 0.318. The van der Waals surface area contributed by atoms with Gasteiger partial charge in [0.2, 0.25) is 0 Å². The molecule has 0 aliphatic carbocycles. The number of benzene rings is 1. The zero-order valence-electron chi connectivity index (χ0n) is 8.54. The first-order chi connectivity index (χ1) is 7.02. The number of phenolic OH excluding ortho intramolecular Hbond substituents is 1. The number of halogens is 3. The molecule has 0 bridgehead atoms. The molecule has 1 aromatic carbocycles. The van der Waals surface area contributed by atoms with Crippen molar-refractivity contribution in [3.8, 4) is 11.5 Å². The van der Waals surface area contributed by atoms with Crippen molar-refractivity contribution in [2.45, 2.75) is 6.04 Å². The molecule has 0 spiro atoms. The third-order valence-electron chi connectivity index (χ3n) is 2.05. The highest BCUT2D eigenvalue weighted by molar-refractivity contribution is 9.13. The quantitative estimate of drug-likeness (QED) is 0.756. The number of nitrogens with two attached hydrogens (primary N) is 2. The van der Waals surface area contributed by atoms with Crippen LogP contribution < -0.4 is 16.2 Å². The second-order valence-corrected chi connectivity index (χ2v) is 4.57. The van der Waals surface area contributed by atoms with E-state index in [1.54, 1.807) is 6.07 Å². The minimum absolute atomic E-state index is 0. The maximum atomic E-state index is 9.68. The first-order valence-corrected chi connectivity index (χ1v) is 5.82. The summed E-state index contributed by atoms with van der Waals surface area (Å²) in [6, 6.07) is 1.37. The molecular weight excluding hydrogens is 363 g/mol. The van der Waals surface area contributed by atoms with Crippen LogP contribution in [0.2, 0.25) is 0 Å². The van der Waals surface area contributed by atoms with Crippen LogP contribution in [0, 0.1) is 0 Å². The Morgan fingerprint density at radius 1 is 1.44 bits per heavy atom. The molecule has 1 aromatic rings. The van der Waals surface area contributed by atoms with Crippen LogP contribution in [0.25, 0.3) is 0 Å². The van der Waals surface area contributed by atoms with E-state index >= 15 is 0 Å². The summed E-state index contributed by atoms with van der Waals surface area (Å²) in [4.78, 5) is 0. The molecule has 7 heteroatoms. The largest absolute Gasteiger partial charge is 0.503 e. The van der Waals surface area contributed by atoms with E-state index in [0.717, 1.165) is 5.56 Å². The van der Waals surface area contributed by atoms with Gasteiger partial charge >= 0.3 is 0 Å². The second-order valence-electron chi connectivity index (χ2n) is 2.99. The van der Waals surface area contributed by atoms with Gasteiger partial charge in [0.05, 0.1) is 11.6 Å². The Balaban J connectivity index is 0.00000225. The van der Waals surface area contributed by atoms with Gasteiger partial charge < -0.3 is 21.3 Å². The molecule has 5 N–H and O–H groups in total. The number of ether oxygens (including phenoxy) is 1. The summed E-state index contributed by atoms with van der Waals surface area (Å²) in [5.41, 5.74) is 12.1. The van der Waals surface area contributed by atoms with Crippen molar-refractivity contribution in [2.24, 2.45) is 11.5 Å². The average molecular weight is 376 g/mol. The summed E-state index contributed by atoms with van der Waals surface area (Å²) >= 11 is 6.58. The first kappa shape index (κ1) is 16.0. The number of hydrogen-bond donors (Lipinski definition) is 3. The molecule has 1 rings (SSSR count). The molecule has 0 aromatic heterocycles. The lowest BCUT2D eigenvalue weighted by atomic mass is 10.1. The van der Waals surface area contributed by atoms with Crippen LogP contribution in [-0.4, -0.2) is 18.8 Å². The summed E-state index contributed by atoms with van der Waals surface area (Å²) in [5, 5.41) is 9.68. The lowest BCUT2D eigenvalue weighted by molar-refractivity contribution is 0.370. The fourth-order valence-electron chi connectivity index (χ4n) is 1.16. The molecule has 0 aliphatic rings. The van der Waals surface area contributed by atoms with Crippen molar-refractivity contribution in [1.29, 1.82) is 0 Å². The molecule has 0 amide bonds. The molecule has 1 atom stereocenters. The Labute approximate surface area is 117 Å². The molecule has 0 radical (unpaired) electrons. The highest BCUT2D eigenvalue weighted by atomic mass is 79.9. The Morgan fingerprint density at radius 3 is 2.44 bits per heavy atom. The second kappa shape index (κ2) is 6.66. The Bertz CT molecular complexity index is 377. The third kappa shape index (κ3) is 3.01. The van der Waals surface area contributed by atoms with Gasteiger partial charge in [0.1, 0.15) is 0 Å². The van der Waals surface area contributed by atoms with E-state index < -0.39 is 0 Å². The van der Waals surface area contributed by atoms with Gasteiger partial charge in [0.25, 0.3) is 0 Å². The van der Waals surface area contributed by atoms with Gasteiger partial charge in [-0.2, -0.15) is 0 Å². The van der Waals surface area contributed by atoms with E-state index in [2.05, 4.69) is 31.9 Å². The SMILES string of the molecule is COc1cc([C@H](N)CN)c(Br)c(Br)c1O.Cl. The summed E-state index contributed by atoms with van der Waals surface area (Å²) in [6.07, 6.45) is 0. The van der Waals surface area contributed by atoms with Gasteiger partial charge in [-0.15, -0.1) is 12.4 Å². The zero-order valence-corrected chi connectivity index (χ0v) is 12.5. The van der Waals surface area contributed by atoms with Crippen LogP contribution in [-0.2, 0) is 0 Å². The average Bonchev–Trinajstić information content (AvgIpc) is 2.25. The number of phenols is 1. The van der Waals surface area contributed by atoms with E-state index in [-0.39, 0.29) is 24.2 Å². The van der Waals surface area contributed by atoms with E-state index in [4.69, 9.17) is 16.2 Å². The Hall–Kier alpha value is -0.0100. The molecule has 0 fully saturated rings.